The third-order valence-electron chi connectivity index (χ3n) is 4.68. The number of nitrogens with one attached hydrogen (secondary N) is 2. The molecule has 7 nitrogen and oxygen atoms in total. The van der Waals surface area contributed by atoms with Crippen LogP contribution in [0.2, 0.25) is 0 Å². The van der Waals surface area contributed by atoms with Gasteiger partial charge in [0.05, 0.1) is 20.8 Å². The van der Waals surface area contributed by atoms with Gasteiger partial charge in [0.25, 0.3) is 0 Å². The molecule has 2 aromatic carbocycles. The number of hydrogen-bond acceptors (Lipinski definition) is 4. The fourth-order valence-corrected chi connectivity index (χ4v) is 3.12. The van der Waals surface area contributed by atoms with Gasteiger partial charge in [0.2, 0.25) is 0 Å². The maximum atomic E-state index is 5.38. The molecule has 0 aliphatic heterocycles. The molecule has 0 amide bonds. The number of imidazole rings is 1. The van der Waals surface area contributed by atoms with E-state index in [1.54, 1.807) is 14.2 Å². The van der Waals surface area contributed by atoms with E-state index in [2.05, 4.69) is 44.5 Å². The standard InChI is InChI=1S/C23H29N5O2/c1-5-24-23(27-20-9-10-21(29-3)22(14-20)30-4)26-15-18-7-6-8-19(13-18)16-28-12-11-25-17(28)2/h6-14H,5,15-16H2,1-4H3,(H2,24,26,27). The Kier molecular flexibility index (Phi) is 7.32. The van der Waals surface area contributed by atoms with Crippen molar-refractivity contribution in [3.8, 4) is 11.5 Å². The van der Waals surface area contributed by atoms with Crippen LogP contribution in [0.3, 0.4) is 0 Å². The van der Waals surface area contributed by atoms with Gasteiger partial charge in [-0.1, -0.05) is 24.3 Å². The Morgan fingerprint density at radius 3 is 2.57 bits per heavy atom. The van der Waals surface area contributed by atoms with Crippen LogP contribution in [0.25, 0.3) is 0 Å². The maximum absolute atomic E-state index is 5.38. The Bertz CT molecular complexity index is 997. The first-order chi connectivity index (χ1) is 14.6. The van der Waals surface area contributed by atoms with E-state index < -0.39 is 0 Å². The third-order valence-corrected chi connectivity index (χ3v) is 4.68. The number of anilines is 1. The van der Waals surface area contributed by atoms with E-state index in [0.717, 1.165) is 30.2 Å². The van der Waals surface area contributed by atoms with E-state index in [9.17, 15) is 0 Å². The summed E-state index contributed by atoms with van der Waals surface area (Å²) >= 11 is 0. The van der Waals surface area contributed by atoms with Crippen molar-refractivity contribution in [2.24, 2.45) is 4.99 Å². The van der Waals surface area contributed by atoms with Crippen LogP contribution in [-0.2, 0) is 13.1 Å². The zero-order valence-corrected chi connectivity index (χ0v) is 18.0. The van der Waals surface area contributed by atoms with Gasteiger partial charge in [0.15, 0.2) is 17.5 Å². The summed E-state index contributed by atoms with van der Waals surface area (Å²) in [5.74, 6) is 3.07. The second kappa shape index (κ2) is 10.3. The predicted octanol–water partition coefficient (Wildman–Crippen LogP) is 3.83. The van der Waals surface area contributed by atoms with E-state index in [1.165, 1.54) is 5.56 Å². The first kappa shape index (κ1) is 21.2. The van der Waals surface area contributed by atoms with Crippen LogP contribution in [0.4, 0.5) is 5.69 Å². The zero-order chi connectivity index (χ0) is 21.3. The van der Waals surface area contributed by atoms with Gasteiger partial charge in [-0.3, -0.25) is 0 Å². The average Bonchev–Trinajstić information content (AvgIpc) is 3.16. The number of guanidine groups is 1. The van der Waals surface area contributed by atoms with Gasteiger partial charge in [0, 0.05) is 37.2 Å². The van der Waals surface area contributed by atoms with Gasteiger partial charge in [-0.15, -0.1) is 0 Å². The van der Waals surface area contributed by atoms with Crippen LogP contribution >= 0.6 is 0 Å². The monoisotopic (exact) mass is 407 g/mol. The van der Waals surface area contributed by atoms with Crippen LogP contribution in [0.5, 0.6) is 11.5 Å². The SMILES string of the molecule is CCNC(=NCc1cccc(Cn2ccnc2C)c1)Nc1ccc(OC)c(OC)c1. The average molecular weight is 408 g/mol. The molecule has 0 aliphatic carbocycles. The van der Waals surface area contributed by atoms with Gasteiger partial charge in [-0.2, -0.15) is 0 Å². The molecule has 3 rings (SSSR count). The number of ether oxygens (including phenoxy) is 2. The lowest BCUT2D eigenvalue weighted by Gasteiger charge is -2.14. The molecule has 0 radical (unpaired) electrons. The van der Waals surface area contributed by atoms with Crippen molar-refractivity contribution in [2.75, 3.05) is 26.1 Å². The molecule has 158 valence electrons. The van der Waals surface area contributed by atoms with Crippen LogP contribution in [0.15, 0.2) is 59.9 Å². The van der Waals surface area contributed by atoms with Crippen LogP contribution < -0.4 is 20.1 Å². The highest BCUT2D eigenvalue weighted by Gasteiger charge is 2.07. The first-order valence-corrected chi connectivity index (χ1v) is 9.95. The van der Waals surface area contributed by atoms with Crippen molar-refractivity contribution in [2.45, 2.75) is 26.9 Å². The highest BCUT2D eigenvalue weighted by Crippen LogP contribution is 2.29. The Hall–Kier alpha value is -3.48. The molecule has 7 heteroatoms. The number of aryl methyl sites for hydroxylation is 1. The summed E-state index contributed by atoms with van der Waals surface area (Å²) in [6.45, 7) is 6.18. The van der Waals surface area contributed by atoms with E-state index in [-0.39, 0.29) is 0 Å². The molecule has 30 heavy (non-hydrogen) atoms. The van der Waals surface area contributed by atoms with Gasteiger partial charge in [-0.05, 0) is 37.1 Å². The van der Waals surface area contributed by atoms with E-state index in [0.29, 0.717) is 24.0 Å². The summed E-state index contributed by atoms with van der Waals surface area (Å²) in [5.41, 5.74) is 3.24. The molecule has 0 aliphatic rings. The molecule has 0 fully saturated rings. The number of benzene rings is 2. The number of aromatic nitrogens is 2. The fraction of sp³-hybridized carbons (Fsp3) is 0.304. The van der Waals surface area contributed by atoms with Crippen molar-refractivity contribution in [1.82, 2.24) is 14.9 Å². The van der Waals surface area contributed by atoms with Crippen molar-refractivity contribution in [3.05, 3.63) is 71.8 Å². The van der Waals surface area contributed by atoms with Crippen molar-refractivity contribution < 1.29 is 9.47 Å². The third kappa shape index (κ3) is 5.53. The number of nitrogens with zero attached hydrogens (tertiary/aromatic N) is 3. The summed E-state index contributed by atoms with van der Waals surface area (Å²) in [4.78, 5) is 9.02. The minimum Gasteiger partial charge on any atom is -0.493 e. The molecule has 0 saturated heterocycles. The van der Waals surface area contributed by atoms with E-state index >= 15 is 0 Å². The van der Waals surface area contributed by atoms with Crippen molar-refractivity contribution in [1.29, 1.82) is 0 Å². The van der Waals surface area contributed by atoms with Crippen LogP contribution in [-0.4, -0.2) is 36.3 Å². The normalized spacial score (nSPS) is 11.3. The predicted molar refractivity (Wildman–Crippen MR) is 120 cm³/mol. The summed E-state index contributed by atoms with van der Waals surface area (Å²) in [6, 6.07) is 14.2. The van der Waals surface area contributed by atoms with Crippen LogP contribution in [0, 0.1) is 6.92 Å². The van der Waals surface area contributed by atoms with Gasteiger partial charge in [0.1, 0.15) is 5.82 Å². The van der Waals surface area contributed by atoms with Gasteiger partial charge < -0.3 is 24.7 Å². The Balaban J connectivity index is 1.72. The largest absolute Gasteiger partial charge is 0.493 e. The molecule has 1 heterocycles. The quantitative estimate of drug-likeness (QED) is 0.439. The smallest absolute Gasteiger partial charge is 0.196 e. The topological polar surface area (TPSA) is 72.7 Å². The van der Waals surface area contributed by atoms with E-state index in [4.69, 9.17) is 14.5 Å². The number of aliphatic imine (C=N–C) groups is 1. The van der Waals surface area contributed by atoms with Gasteiger partial charge in [-0.25, -0.2) is 9.98 Å². The Morgan fingerprint density at radius 2 is 1.87 bits per heavy atom. The first-order valence-electron chi connectivity index (χ1n) is 9.95. The molecule has 0 saturated carbocycles. The molecule has 0 unspecified atom stereocenters. The van der Waals surface area contributed by atoms with Crippen molar-refractivity contribution in [3.63, 3.8) is 0 Å². The molecular formula is C23H29N5O2. The maximum Gasteiger partial charge on any atom is 0.196 e. The second-order valence-corrected chi connectivity index (χ2v) is 6.81. The van der Waals surface area contributed by atoms with Crippen molar-refractivity contribution >= 4 is 11.6 Å². The summed E-state index contributed by atoms with van der Waals surface area (Å²) in [5, 5.41) is 6.61. The summed E-state index contributed by atoms with van der Waals surface area (Å²) < 4.78 is 12.8. The number of methoxy groups -OCH3 is 2. The Morgan fingerprint density at radius 1 is 1.07 bits per heavy atom. The Labute approximate surface area is 177 Å². The van der Waals surface area contributed by atoms with Crippen LogP contribution in [0.1, 0.15) is 23.9 Å². The second-order valence-electron chi connectivity index (χ2n) is 6.81. The molecule has 0 atom stereocenters. The molecule has 2 N–H and O–H groups in total. The minimum absolute atomic E-state index is 0.569. The highest BCUT2D eigenvalue weighted by atomic mass is 16.5. The fourth-order valence-electron chi connectivity index (χ4n) is 3.12. The lowest BCUT2D eigenvalue weighted by atomic mass is 10.1. The summed E-state index contributed by atoms with van der Waals surface area (Å²) in [6.07, 6.45) is 3.82. The number of rotatable bonds is 8. The molecule has 1 aromatic heterocycles. The lowest BCUT2D eigenvalue weighted by molar-refractivity contribution is 0.355. The minimum atomic E-state index is 0.569. The zero-order valence-electron chi connectivity index (χ0n) is 18.0. The molecule has 0 bridgehead atoms. The number of hydrogen-bond donors (Lipinski definition) is 2. The lowest BCUT2D eigenvalue weighted by Crippen LogP contribution is -2.30. The van der Waals surface area contributed by atoms with Gasteiger partial charge >= 0.3 is 0 Å². The molecular weight excluding hydrogens is 378 g/mol. The molecule has 0 spiro atoms. The van der Waals surface area contributed by atoms with E-state index in [1.807, 2.05) is 44.4 Å². The highest BCUT2D eigenvalue weighted by molar-refractivity contribution is 5.93. The molecule has 3 aromatic rings. The summed E-state index contributed by atoms with van der Waals surface area (Å²) in [7, 11) is 3.25.